The number of aryl methyl sites for hydroxylation is 1. The Hall–Kier alpha value is -2.90. The molecule has 0 aliphatic carbocycles. The first-order chi connectivity index (χ1) is 15.0. The van der Waals surface area contributed by atoms with Crippen molar-refractivity contribution in [2.45, 2.75) is 36.0 Å². The standard InChI is InChI=1S/C24H23NO4S2/c1-17-7-11-19(12-8-17)31-20-13-9-18(10-14-20)25-23(27)5-2-6-24(28)29-16-21(26)22-4-3-15-30-22/h3-4,7-15H,2,5-6,16H2,1H3,(H,25,27). The molecule has 3 rings (SSSR count). The molecule has 0 bridgehead atoms. The Bertz CT molecular complexity index is 1010. The second kappa shape index (κ2) is 11.5. The molecule has 0 saturated carbocycles. The van der Waals surface area contributed by atoms with Crippen LogP contribution in [0.4, 0.5) is 5.69 Å². The van der Waals surface area contributed by atoms with Crippen LogP contribution < -0.4 is 5.32 Å². The number of carbonyl (C=O) groups excluding carboxylic acids is 3. The number of hydrogen-bond acceptors (Lipinski definition) is 6. The molecule has 1 aromatic heterocycles. The molecule has 0 radical (unpaired) electrons. The molecular formula is C24H23NO4S2. The third kappa shape index (κ3) is 7.70. The Balaban J connectivity index is 1.35. The van der Waals surface area contributed by atoms with Gasteiger partial charge in [-0.05, 0) is 61.2 Å². The van der Waals surface area contributed by atoms with Crippen molar-refractivity contribution in [3.8, 4) is 0 Å². The lowest BCUT2D eigenvalue weighted by Gasteiger charge is -2.07. The average molecular weight is 454 g/mol. The van der Waals surface area contributed by atoms with Gasteiger partial charge in [-0.15, -0.1) is 11.3 Å². The summed E-state index contributed by atoms with van der Waals surface area (Å²) in [5.41, 5.74) is 1.94. The van der Waals surface area contributed by atoms with Crippen LogP contribution in [0.2, 0.25) is 0 Å². The lowest BCUT2D eigenvalue weighted by Crippen LogP contribution is -2.15. The Morgan fingerprint density at radius 3 is 2.26 bits per heavy atom. The van der Waals surface area contributed by atoms with Crippen molar-refractivity contribution in [2.24, 2.45) is 0 Å². The molecule has 1 N–H and O–H groups in total. The highest BCUT2D eigenvalue weighted by molar-refractivity contribution is 7.99. The van der Waals surface area contributed by atoms with Gasteiger partial charge in [0.25, 0.3) is 0 Å². The van der Waals surface area contributed by atoms with E-state index in [0.29, 0.717) is 17.0 Å². The van der Waals surface area contributed by atoms with E-state index in [9.17, 15) is 14.4 Å². The van der Waals surface area contributed by atoms with E-state index in [1.54, 1.807) is 29.3 Å². The molecule has 3 aromatic rings. The first-order valence-corrected chi connectivity index (χ1v) is 11.6. The molecule has 0 fully saturated rings. The Kier molecular flexibility index (Phi) is 8.44. The SMILES string of the molecule is Cc1ccc(Sc2ccc(NC(=O)CCCC(=O)OCC(=O)c3cccs3)cc2)cc1. The van der Waals surface area contributed by atoms with Crippen LogP contribution in [0.3, 0.4) is 0 Å². The summed E-state index contributed by atoms with van der Waals surface area (Å²) in [4.78, 5) is 38.5. The number of Topliss-reactive ketones (excluding diaryl/α,β-unsaturated/α-hetero) is 1. The second-order valence-electron chi connectivity index (χ2n) is 6.90. The van der Waals surface area contributed by atoms with Gasteiger partial charge in [-0.25, -0.2) is 0 Å². The van der Waals surface area contributed by atoms with Crippen LogP contribution in [0.25, 0.3) is 0 Å². The number of benzene rings is 2. The zero-order valence-electron chi connectivity index (χ0n) is 17.1. The summed E-state index contributed by atoms with van der Waals surface area (Å²) in [6.45, 7) is 1.79. The van der Waals surface area contributed by atoms with Crippen molar-refractivity contribution >= 4 is 46.4 Å². The van der Waals surface area contributed by atoms with Gasteiger partial charge in [-0.2, -0.15) is 0 Å². The van der Waals surface area contributed by atoms with Crippen molar-refractivity contribution < 1.29 is 19.1 Å². The Morgan fingerprint density at radius 2 is 1.61 bits per heavy atom. The van der Waals surface area contributed by atoms with Crippen LogP contribution in [0.1, 0.15) is 34.5 Å². The summed E-state index contributed by atoms with van der Waals surface area (Å²) < 4.78 is 4.98. The van der Waals surface area contributed by atoms with E-state index in [1.807, 2.05) is 24.3 Å². The molecule has 31 heavy (non-hydrogen) atoms. The molecule has 160 valence electrons. The highest BCUT2D eigenvalue weighted by Gasteiger charge is 2.11. The molecule has 2 aromatic carbocycles. The van der Waals surface area contributed by atoms with E-state index in [4.69, 9.17) is 4.74 Å². The normalized spacial score (nSPS) is 10.5. The molecule has 1 heterocycles. The summed E-state index contributed by atoms with van der Waals surface area (Å²) in [6.07, 6.45) is 0.657. The van der Waals surface area contributed by atoms with E-state index in [2.05, 4.69) is 36.5 Å². The number of rotatable bonds is 10. The van der Waals surface area contributed by atoms with Crippen molar-refractivity contribution in [1.29, 1.82) is 0 Å². The minimum atomic E-state index is -0.477. The number of ketones is 1. The van der Waals surface area contributed by atoms with Gasteiger partial charge in [0.2, 0.25) is 11.7 Å². The molecular weight excluding hydrogens is 430 g/mol. The van der Waals surface area contributed by atoms with Crippen LogP contribution >= 0.6 is 23.1 Å². The molecule has 0 atom stereocenters. The van der Waals surface area contributed by atoms with Gasteiger partial charge in [-0.3, -0.25) is 14.4 Å². The molecule has 0 aliphatic heterocycles. The van der Waals surface area contributed by atoms with Crippen LogP contribution in [-0.4, -0.2) is 24.3 Å². The fraction of sp³-hybridized carbons (Fsp3) is 0.208. The van der Waals surface area contributed by atoms with Crippen molar-refractivity contribution in [1.82, 2.24) is 0 Å². The quantitative estimate of drug-likeness (QED) is 0.313. The molecule has 7 heteroatoms. The van der Waals surface area contributed by atoms with E-state index in [0.717, 1.165) is 9.79 Å². The van der Waals surface area contributed by atoms with Crippen molar-refractivity contribution in [3.05, 3.63) is 76.5 Å². The summed E-state index contributed by atoms with van der Waals surface area (Å²) >= 11 is 2.97. The monoisotopic (exact) mass is 453 g/mol. The number of carbonyl (C=O) groups is 3. The molecule has 5 nitrogen and oxygen atoms in total. The summed E-state index contributed by atoms with van der Waals surface area (Å²) in [7, 11) is 0. The topological polar surface area (TPSA) is 72.5 Å². The van der Waals surface area contributed by atoms with Gasteiger partial charge in [0.15, 0.2) is 6.61 Å². The minimum Gasteiger partial charge on any atom is -0.457 e. The Labute approximate surface area is 189 Å². The largest absolute Gasteiger partial charge is 0.457 e. The maximum atomic E-state index is 12.1. The van der Waals surface area contributed by atoms with E-state index >= 15 is 0 Å². The van der Waals surface area contributed by atoms with Crippen molar-refractivity contribution in [3.63, 3.8) is 0 Å². The number of ether oxygens (including phenoxy) is 1. The van der Waals surface area contributed by atoms with Gasteiger partial charge in [-0.1, -0.05) is 35.5 Å². The van der Waals surface area contributed by atoms with Crippen molar-refractivity contribution in [2.75, 3.05) is 11.9 Å². The van der Waals surface area contributed by atoms with E-state index < -0.39 is 5.97 Å². The molecule has 0 saturated heterocycles. The Morgan fingerprint density at radius 1 is 0.935 bits per heavy atom. The van der Waals surface area contributed by atoms with E-state index in [1.165, 1.54) is 16.9 Å². The zero-order valence-corrected chi connectivity index (χ0v) is 18.8. The number of nitrogens with one attached hydrogen (secondary N) is 1. The summed E-state index contributed by atoms with van der Waals surface area (Å²) in [5, 5.41) is 4.63. The number of thiophene rings is 1. The number of esters is 1. The lowest BCUT2D eigenvalue weighted by molar-refractivity contribution is -0.142. The molecule has 1 amide bonds. The smallest absolute Gasteiger partial charge is 0.306 e. The summed E-state index contributed by atoms with van der Waals surface area (Å²) in [5.74, 6) is -0.860. The first kappa shape index (κ1) is 22.8. The minimum absolute atomic E-state index is 0.0945. The third-order valence-corrected chi connectivity index (χ3v) is 6.27. The van der Waals surface area contributed by atoms with Gasteiger partial charge in [0.1, 0.15) is 0 Å². The fourth-order valence-corrected chi connectivity index (χ4v) is 4.16. The summed E-state index contributed by atoms with van der Waals surface area (Å²) in [6, 6.07) is 19.4. The molecule has 0 spiro atoms. The van der Waals surface area contributed by atoms with Crippen LogP contribution in [0, 0.1) is 6.92 Å². The highest BCUT2D eigenvalue weighted by Crippen LogP contribution is 2.28. The van der Waals surface area contributed by atoms with Crippen LogP contribution in [-0.2, 0) is 14.3 Å². The van der Waals surface area contributed by atoms with Crippen LogP contribution in [0.5, 0.6) is 0 Å². The molecule has 0 aliphatic rings. The van der Waals surface area contributed by atoms with Gasteiger partial charge >= 0.3 is 5.97 Å². The number of hydrogen-bond donors (Lipinski definition) is 1. The predicted molar refractivity (Wildman–Crippen MR) is 124 cm³/mol. The molecule has 0 unspecified atom stereocenters. The highest BCUT2D eigenvalue weighted by atomic mass is 32.2. The zero-order chi connectivity index (χ0) is 22.1. The second-order valence-corrected chi connectivity index (χ2v) is 9.00. The van der Waals surface area contributed by atoms with Gasteiger partial charge in [0, 0.05) is 28.3 Å². The van der Waals surface area contributed by atoms with Gasteiger partial charge in [0.05, 0.1) is 4.88 Å². The fourth-order valence-electron chi connectivity index (χ4n) is 2.69. The predicted octanol–water partition coefficient (Wildman–Crippen LogP) is 5.74. The average Bonchev–Trinajstić information content (AvgIpc) is 3.30. The number of anilines is 1. The number of amides is 1. The first-order valence-electron chi connectivity index (χ1n) is 9.86. The third-order valence-electron chi connectivity index (χ3n) is 4.34. The maximum Gasteiger partial charge on any atom is 0.306 e. The van der Waals surface area contributed by atoms with E-state index in [-0.39, 0.29) is 31.1 Å². The lowest BCUT2D eigenvalue weighted by atomic mass is 10.2. The van der Waals surface area contributed by atoms with Crippen LogP contribution in [0.15, 0.2) is 75.8 Å². The van der Waals surface area contributed by atoms with Gasteiger partial charge < -0.3 is 10.1 Å². The maximum absolute atomic E-state index is 12.1.